The molecule has 1 heterocycles. The van der Waals surface area contributed by atoms with Gasteiger partial charge in [0.25, 0.3) is 0 Å². The summed E-state index contributed by atoms with van der Waals surface area (Å²) < 4.78 is 0. The summed E-state index contributed by atoms with van der Waals surface area (Å²) >= 11 is 1.80. The molecule has 1 N–H and O–H groups in total. The number of hydrogen-bond acceptors (Lipinski definition) is 3. The molecule has 2 rings (SSSR count). The van der Waals surface area contributed by atoms with Gasteiger partial charge < -0.3 is 5.32 Å². The molecule has 0 radical (unpaired) electrons. The average molecular weight is 302 g/mol. The largest absolute Gasteiger partial charge is 0.305 e. The lowest BCUT2D eigenvalue weighted by atomic mass is 9.89. The zero-order chi connectivity index (χ0) is 15.2. The van der Waals surface area contributed by atoms with Crippen LogP contribution in [-0.2, 0) is 6.54 Å². The van der Waals surface area contributed by atoms with Crippen LogP contribution in [0.25, 0.3) is 0 Å². The van der Waals surface area contributed by atoms with Crippen molar-refractivity contribution in [3.63, 3.8) is 0 Å². The van der Waals surface area contributed by atoms with Crippen molar-refractivity contribution in [2.75, 3.05) is 0 Å². The highest BCUT2D eigenvalue weighted by Crippen LogP contribution is 2.28. The van der Waals surface area contributed by atoms with E-state index in [4.69, 9.17) is 0 Å². The molecule has 0 spiro atoms. The summed E-state index contributed by atoms with van der Waals surface area (Å²) in [6.45, 7) is 9.67. The Hall–Kier alpha value is -1.19. The Kier molecular flexibility index (Phi) is 5.95. The van der Waals surface area contributed by atoms with Crippen molar-refractivity contribution in [1.82, 2.24) is 10.3 Å². The third-order valence-electron chi connectivity index (χ3n) is 4.16. The van der Waals surface area contributed by atoms with Crippen molar-refractivity contribution in [3.8, 4) is 0 Å². The van der Waals surface area contributed by atoms with Gasteiger partial charge in [0.15, 0.2) is 0 Å². The summed E-state index contributed by atoms with van der Waals surface area (Å²) in [6.07, 6.45) is 2.40. The van der Waals surface area contributed by atoms with E-state index >= 15 is 0 Å². The molecular formula is C18H26N2S. The minimum absolute atomic E-state index is 0.419. The number of nitrogens with zero attached hydrogens (tertiary/aromatic N) is 1. The van der Waals surface area contributed by atoms with Crippen molar-refractivity contribution >= 4 is 11.3 Å². The van der Waals surface area contributed by atoms with E-state index in [0.29, 0.717) is 12.0 Å². The van der Waals surface area contributed by atoms with E-state index in [2.05, 4.69) is 68.3 Å². The molecule has 0 aliphatic heterocycles. The maximum atomic E-state index is 4.53. The monoisotopic (exact) mass is 302 g/mol. The number of aromatic nitrogens is 1. The molecule has 1 atom stereocenters. The normalized spacial score (nSPS) is 12.8. The molecular weight excluding hydrogens is 276 g/mol. The summed E-state index contributed by atoms with van der Waals surface area (Å²) in [5.41, 5.74) is 2.56. The summed E-state index contributed by atoms with van der Waals surface area (Å²) in [4.78, 5) is 5.89. The first-order chi connectivity index (χ1) is 10.2. The zero-order valence-corrected chi connectivity index (χ0v) is 14.3. The number of nitrogens with one attached hydrogen (secondary N) is 1. The first-order valence-corrected chi connectivity index (χ1v) is 8.68. The van der Waals surface area contributed by atoms with Crippen molar-refractivity contribution in [3.05, 3.63) is 51.5 Å². The standard InChI is InChI=1S/C18H26N2S/c1-5-15(6-2)18(16-10-8-7-9-11-16)19-12-17-13(3)20-14(4)21-17/h7-11,15,18-19H,5-6,12H2,1-4H3. The zero-order valence-electron chi connectivity index (χ0n) is 13.5. The third kappa shape index (κ3) is 4.14. The van der Waals surface area contributed by atoms with Crippen molar-refractivity contribution in [2.45, 2.75) is 53.1 Å². The molecule has 3 heteroatoms. The van der Waals surface area contributed by atoms with Gasteiger partial charge in [-0.25, -0.2) is 4.98 Å². The van der Waals surface area contributed by atoms with Gasteiger partial charge in [0.1, 0.15) is 0 Å². The predicted octanol–water partition coefficient (Wildman–Crippen LogP) is 5.03. The van der Waals surface area contributed by atoms with Crippen molar-refractivity contribution in [2.24, 2.45) is 5.92 Å². The van der Waals surface area contributed by atoms with Crippen LogP contribution in [-0.4, -0.2) is 4.98 Å². The molecule has 1 aromatic carbocycles. The van der Waals surface area contributed by atoms with Gasteiger partial charge in [0.05, 0.1) is 10.7 Å². The van der Waals surface area contributed by atoms with Crippen LogP contribution in [0.15, 0.2) is 30.3 Å². The lowest BCUT2D eigenvalue weighted by Crippen LogP contribution is -2.27. The second-order valence-electron chi connectivity index (χ2n) is 5.59. The molecule has 21 heavy (non-hydrogen) atoms. The van der Waals surface area contributed by atoms with Gasteiger partial charge in [0.2, 0.25) is 0 Å². The Bertz CT molecular complexity index is 544. The van der Waals surface area contributed by atoms with Gasteiger partial charge in [-0.05, 0) is 25.3 Å². The summed E-state index contributed by atoms with van der Waals surface area (Å²) in [5, 5.41) is 4.93. The van der Waals surface area contributed by atoms with Crippen LogP contribution >= 0.6 is 11.3 Å². The average Bonchev–Trinajstić information content (AvgIpc) is 2.82. The Morgan fingerprint density at radius 3 is 2.29 bits per heavy atom. The molecule has 0 amide bonds. The molecule has 0 saturated carbocycles. The third-order valence-corrected chi connectivity index (χ3v) is 5.23. The SMILES string of the molecule is CCC(CC)C(NCc1sc(C)nc1C)c1ccccc1. The van der Waals surface area contributed by atoms with Crippen LogP contribution in [0.5, 0.6) is 0 Å². The van der Waals surface area contributed by atoms with E-state index in [1.165, 1.54) is 29.0 Å². The molecule has 114 valence electrons. The molecule has 2 nitrogen and oxygen atoms in total. The van der Waals surface area contributed by atoms with Gasteiger partial charge >= 0.3 is 0 Å². The molecule has 0 aliphatic carbocycles. The van der Waals surface area contributed by atoms with Crippen LogP contribution in [0.1, 0.15) is 53.9 Å². The minimum Gasteiger partial charge on any atom is -0.305 e. The summed E-state index contributed by atoms with van der Waals surface area (Å²) in [5.74, 6) is 0.668. The van der Waals surface area contributed by atoms with E-state index in [1.54, 1.807) is 11.3 Å². The highest BCUT2D eigenvalue weighted by atomic mass is 32.1. The van der Waals surface area contributed by atoms with E-state index in [9.17, 15) is 0 Å². The molecule has 0 bridgehead atoms. The maximum Gasteiger partial charge on any atom is 0.0900 e. The fourth-order valence-corrected chi connectivity index (χ4v) is 3.81. The number of aryl methyl sites for hydroxylation is 2. The van der Waals surface area contributed by atoms with E-state index in [-0.39, 0.29) is 0 Å². The van der Waals surface area contributed by atoms with E-state index in [0.717, 1.165) is 11.6 Å². The molecule has 0 fully saturated rings. The lowest BCUT2D eigenvalue weighted by Gasteiger charge is -2.27. The Morgan fingerprint density at radius 1 is 1.10 bits per heavy atom. The second kappa shape index (κ2) is 7.71. The predicted molar refractivity (Wildman–Crippen MR) is 91.7 cm³/mol. The van der Waals surface area contributed by atoms with Crippen LogP contribution in [0.4, 0.5) is 0 Å². The Balaban J connectivity index is 2.14. The summed E-state index contributed by atoms with van der Waals surface area (Å²) in [6, 6.07) is 11.2. The van der Waals surface area contributed by atoms with Crippen molar-refractivity contribution < 1.29 is 0 Å². The Labute approximate surface area is 132 Å². The fraction of sp³-hybridized carbons (Fsp3) is 0.500. The van der Waals surface area contributed by atoms with Gasteiger partial charge in [-0.2, -0.15) is 0 Å². The number of hydrogen-bond donors (Lipinski definition) is 1. The maximum absolute atomic E-state index is 4.53. The summed E-state index contributed by atoms with van der Waals surface area (Å²) in [7, 11) is 0. The van der Waals surface area contributed by atoms with Gasteiger partial charge in [-0.15, -0.1) is 11.3 Å². The Morgan fingerprint density at radius 2 is 1.76 bits per heavy atom. The van der Waals surface area contributed by atoms with Gasteiger partial charge in [-0.3, -0.25) is 0 Å². The fourth-order valence-electron chi connectivity index (χ4n) is 2.92. The van der Waals surface area contributed by atoms with Gasteiger partial charge in [-0.1, -0.05) is 57.0 Å². The quantitative estimate of drug-likeness (QED) is 0.776. The first-order valence-electron chi connectivity index (χ1n) is 7.86. The van der Waals surface area contributed by atoms with Crippen LogP contribution < -0.4 is 5.32 Å². The van der Waals surface area contributed by atoms with E-state index < -0.39 is 0 Å². The highest BCUT2D eigenvalue weighted by Gasteiger charge is 2.20. The van der Waals surface area contributed by atoms with Crippen LogP contribution in [0.2, 0.25) is 0 Å². The van der Waals surface area contributed by atoms with Gasteiger partial charge in [0, 0.05) is 17.5 Å². The molecule has 2 aromatic rings. The second-order valence-corrected chi connectivity index (χ2v) is 6.88. The first kappa shape index (κ1) is 16.2. The highest BCUT2D eigenvalue weighted by molar-refractivity contribution is 7.11. The van der Waals surface area contributed by atoms with Crippen LogP contribution in [0.3, 0.4) is 0 Å². The number of benzene rings is 1. The minimum atomic E-state index is 0.419. The molecule has 1 aromatic heterocycles. The van der Waals surface area contributed by atoms with E-state index in [1.807, 2.05) is 0 Å². The topological polar surface area (TPSA) is 24.9 Å². The lowest BCUT2D eigenvalue weighted by molar-refractivity contribution is 0.340. The number of rotatable bonds is 7. The molecule has 0 aliphatic rings. The smallest absolute Gasteiger partial charge is 0.0900 e. The van der Waals surface area contributed by atoms with Crippen molar-refractivity contribution in [1.29, 1.82) is 0 Å². The number of thiazole rings is 1. The molecule has 0 saturated heterocycles. The molecule has 1 unspecified atom stereocenters. The van der Waals surface area contributed by atoms with Crippen LogP contribution in [0, 0.1) is 19.8 Å².